The molecule has 7 heteroatoms. The molecule has 0 saturated carbocycles. The number of thioether (sulfide) groups is 1. The Morgan fingerprint density at radius 3 is 3.05 bits per heavy atom. The van der Waals surface area contributed by atoms with Crippen LogP contribution in [0.5, 0.6) is 0 Å². The van der Waals surface area contributed by atoms with Gasteiger partial charge in [-0.25, -0.2) is 9.97 Å². The molecule has 0 bridgehead atoms. The minimum Gasteiger partial charge on any atom is -0.481 e. The van der Waals surface area contributed by atoms with Crippen LogP contribution in [0.2, 0.25) is 0 Å². The molecule has 3 aromatic rings. The van der Waals surface area contributed by atoms with Crippen LogP contribution in [0.15, 0.2) is 34.9 Å². The molecule has 0 amide bonds. The molecule has 21 heavy (non-hydrogen) atoms. The Balaban J connectivity index is 2.03. The molecule has 3 rings (SSSR count). The third-order valence-corrected chi connectivity index (χ3v) is 4.70. The van der Waals surface area contributed by atoms with Crippen LogP contribution >= 0.6 is 23.1 Å². The van der Waals surface area contributed by atoms with Crippen molar-refractivity contribution in [3.8, 4) is 0 Å². The second-order valence-corrected chi connectivity index (χ2v) is 6.50. The van der Waals surface area contributed by atoms with Gasteiger partial charge in [0.1, 0.15) is 5.01 Å². The molecule has 1 N–H and O–H groups in total. The van der Waals surface area contributed by atoms with E-state index in [0.29, 0.717) is 11.7 Å². The van der Waals surface area contributed by atoms with Crippen LogP contribution in [0.25, 0.3) is 11.0 Å². The van der Waals surface area contributed by atoms with Crippen molar-refractivity contribution in [2.75, 3.05) is 5.75 Å². The number of imidazole rings is 1. The van der Waals surface area contributed by atoms with Crippen LogP contribution in [0.4, 0.5) is 0 Å². The summed E-state index contributed by atoms with van der Waals surface area (Å²) in [4.78, 5) is 19.7. The van der Waals surface area contributed by atoms with Crippen molar-refractivity contribution in [2.24, 2.45) is 0 Å². The quantitative estimate of drug-likeness (QED) is 0.732. The van der Waals surface area contributed by atoms with Crippen LogP contribution < -0.4 is 0 Å². The van der Waals surface area contributed by atoms with Gasteiger partial charge in [0.25, 0.3) is 0 Å². The first kappa shape index (κ1) is 14.1. The van der Waals surface area contributed by atoms with Gasteiger partial charge in [-0.05, 0) is 24.6 Å². The molecule has 0 aliphatic rings. The third kappa shape index (κ3) is 3.08. The number of carboxylic acid groups (broad SMARTS) is 1. The zero-order chi connectivity index (χ0) is 14.8. The summed E-state index contributed by atoms with van der Waals surface area (Å²) in [5.74, 6) is -0.843. The van der Waals surface area contributed by atoms with Crippen molar-refractivity contribution >= 4 is 40.1 Å². The number of aliphatic carboxylic acids is 1. The average molecular weight is 319 g/mol. The van der Waals surface area contributed by atoms with Gasteiger partial charge in [0.15, 0.2) is 5.16 Å². The van der Waals surface area contributed by atoms with Crippen molar-refractivity contribution in [1.29, 1.82) is 0 Å². The second kappa shape index (κ2) is 5.87. The summed E-state index contributed by atoms with van der Waals surface area (Å²) in [5.41, 5.74) is 3.03. The highest BCUT2D eigenvalue weighted by Gasteiger charge is 2.14. The summed E-state index contributed by atoms with van der Waals surface area (Å²) in [6.07, 6.45) is 1.77. The lowest BCUT2D eigenvalue weighted by atomic mass is 10.2. The van der Waals surface area contributed by atoms with E-state index in [0.717, 1.165) is 21.6 Å². The van der Waals surface area contributed by atoms with E-state index in [9.17, 15) is 4.79 Å². The number of aromatic nitrogens is 3. The Bertz CT molecular complexity index is 781. The van der Waals surface area contributed by atoms with Crippen LogP contribution in [0.1, 0.15) is 10.6 Å². The number of carboxylic acids is 1. The lowest BCUT2D eigenvalue weighted by Gasteiger charge is -2.06. The fourth-order valence-electron chi connectivity index (χ4n) is 2.07. The Morgan fingerprint density at radius 1 is 1.48 bits per heavy atom. The van der Waals surface area contributed by atoms with E-state index in [-0.39, 0.29) is 5.75 Å². The van der Waals surface area contributed by atoms with Crippen molar-refractivity contribution in [3.05, 3.63) is 40.3 Å². The van der Waals surface area contributed by atoms with Gasteiger partial charge in [-0.15, -0.1) is 11.3 Å². The molecule has 1 aromatic carbocycles. The first-order chi connectivity index (χ1) is 10.1. The maximum atomic E-state index is 10.8. The van der Waals surface area contributed by atoms with Crippen molar-refractivity contribution < 1.29 is 9.90 Å². The Hall–Kier alpha value is -1.86. The van der Waals surface area contributed by atoms with Gasteiger partial charge in [-0.2, -0.15) is 0 Å². The molecule has 2 heterocycles. The molecule has 0 saturated heterocycles. The highest BCUT2D eigenvalue weighted by molar-refractivity contribution is 7.99. The van der Waals surface area contributed by atoms with Gasteiger partial charge in [0, 0.05) is 11.6 Å². The number of aryl methyl sites for hydroxylation is 1. The summed E-state index contributed by atoms with van der Waals surface area (Å²) in [6.45, 7) is 2.63. The van der Waals surface area contributed by atoms with E-state index < -0.39 is 5.97 Å². The fraction of sp³-hybridized carbons (Fsp3) is 0.214. The summed E-state index contributed by atoms with van der Waals surface area (Å²) in [5, 5.41) is 12.5. The standard InChI is InChI=1S/C14H13N3O2S2/c1-9-2-3-11-10(6-9)16-14(21-8-13(18)19)17(11)7-12-15-4-5-20-12/h2-6H,7-8H2,1H3,(H,18,19). The first-order valence-electron chi connectivity index (χ1n) is 6.33. The predicted octanol–water partition coefficient (Wildman–Crippen LogP) is 3.03. The number of nitrogens with zero attached hydrogens (tertiary/aromatic N) is 3. The van der Waals surface area contributed by atoms with Crippen molar-refractivity contribution in [3.63, 3.8) is 0 Å². The number of thiazole rings is 1. The number of hydrogen-bond donors (Lipinski definition) is 1. The normalized spacial score (nSPS) is 11.1. The minimum absolute atomic E-state index is 0.000172. The lowest BCUT2D eigenvalue weighted by molar-refractivity contribution is -0.133. The molecule has 0 aliphatic heterocycles. The maximum Gasteiger partial charge on any atom is 0.313 e. The van der Waals surface area contributed by atoms with Gasteiger partial charge in [-0.3, -0.25) is 4.79 Å². The van der Waals surface area contributed by atoms with E-state index in [1.807, 2.05) is 35.1 Å². The van der Waals surface area contributed by atoms with E-state index in [2.05, 4.69) is 9.97 Å². The zero-order valence-electron chi connectivity index (χ0n) is 11.3. The average Bonchev–Trinajstić information content (AvgIpc) is 3.05. The fourth-order valence-corrected chi connectivity index (χ4v) is 3.41. The van der Waals surface area contributed by atoms with Gasteiger partial charge < -0.3 is 9.67 Å². The molecule has 5 nitrogen and oxygen atoms in total. The highest BCUT2D eigenvalue weighted by atomic mass is 32.2. The monoisotopic (exact) mass is 319 g/mol. The molecule has 0 spiro atoms. The topological polar surface area (TPSA) is 68.0 Å². The van der Waals surface area contributed by atoms with E-state index in [4.69, 9.17) is 5.11 Å². The predicted molar refractivity (Wildman–Crippen MR) is 84.0 cm³/mol. The third-order valence-electron chi connectivity index (χ3n) is 2.97. The van der Waals surface area contributed by atoms with Gasteiger partial charge in [0.05, 0.1) is 23.3 Å². The number of fused-ring (bicyclic) bond motifs is 1. The van der Waals surface area contributed by atoms with E-state index >= 15 is 0 Å². The smallest absolute Gasteiger partial charge is 0.313 e. The number of benzene rings is 1. The SMILES string of the molecule is Cc1ccc2c(c1)nc(SCC(=O)O)n2Cc1nccs1. The van der Waals surface area contributed by atoms with Crippen LogP contribution in [0.3, 0.4) is 0 Å². The molecule has 0 atom stereocenters. The molecule has 0 radical (unpaired) electrons. The maximum absolute atomic E-state index is 10.8. The van der Waals surface area contributed by atoms with Gasteiger partial charge >= 0.3 is 5.97 Å². The van der Waals surface area contributed by atoms with Crippen molar-refractivity contribution in [2.45, 2.75) is 18.6 Å². The molecule has 0 fully saturated rings. The molecule has 108 valence electrons. The Kier molecular flexibility index (Phi) is 3.94. The summed E-state index contributed by atoms with van der Waals surface area (Å²) < 4.78 is 2.03. The minimum atomic E-state index is -0.843. The van der Waals surface area contributed by atoms with Crippen LogP contribution in [-0.2, 0) is 11.3 Å². The number of rotatable bonds is 5. The highest BCUT2D eigenvalue weighted by Crippen LogP contribution is 2.26. The van der Waals surface area contributed by atoms with E-state index in [1.165, 1.54) is 11.8 Å². The lowest BCUT2D eigenvalue weighted by Crippen LogP contribution is -2.04. The summed E-state index contributed by atoms with van der Waals surface area (Å²) in [6, 6.07) is 6.07. The molecule has 0 aliphatic carbocycles. The van der Waals surface area contributed by atoms with E-state index in [1.54, 1.807) is 17.5 Å². The second-order valence-electron chi connectivity index (χ2n) is 4.58. The first-order valence-corrected chi connectivity index (χ1v) is 8.20. The van der Waals surface area contributed by atoms with Gasteiger partial charge in [-0.1, -0.05) is 17.8 Å². The van der Waals surface area contributed by atoms with Crippen LogP contribution in [-0.4, -0.2) is 31.4 Å². The van der Waals surface area contributed by atoms with Crippen LogP contribution in [0, 0.1) is 6.92 Å². The zero-order valence-corrected chi connectivity index (χ0v) is 12.9. The molecule has 0 unspecified atom stereocenters. The number of carbonyl (C=O) groups is 1. The largest absolute Gasteiger partial charge is 0.481 e. The Morgan fingerprint density at radius 2 is 2.33 bits per heavy atom. The molecule has 2 aromatic heterocycles. The summed E-state index contributed by atoms with van der Waals surface area (Å²) in [7, 11) is 0. The summed E-state index contributed by atoms with van der Waals surface area (Å²) >= 11 is 2.82. The number of hydrogen-bond acceptors (Lipinski definition) is 5. The Labute approximate surface area is 129 Å². The van der Waals surface area contributed by atoms with Crippen molar-refractivity contribution in [1.82, 2.24) is 14.5 Å². The molecular weight excluding hydrogens is 306 g/mol. The van der Waals surface area contributed by atoms with Gasteiger partial charge in [0.2, 0.25) is 0 Å². The molecular formula is C14H13N3O2S2.